The number of amides is 1. The van der Waals surface area contributed by atoms with E-state index in [0.29, 0.717) is 19.6 Å². The third-order valence-corrected chi connectivity index (χ3v) is 3.88. The van der Waals surface area contributed by atoms with Crippen LogP contribution >= 0.6 is 23.2 Å². The van der Waals surface area contributed by atoms with Crippen LogP contribution in [0, 0.1) is 0 Å². The quantitative estimate of drug-likeness (QED) is 0.631. The summed E-state index contributed by atoms with van der Waals surface area (Å²) >= 11 is 11.8. The lowest BCUT2D eigenvalue weighted by molar-refractivity contribution is -0.149. The maximum atomic E-state index is 12.6. The van der Waals surface area contributed by atoms with Gasteiger partial charge in [-0.25, -0.2) is 9.78 Å². The average molecular weight is 331 g/mol. The Balaban J connectivity index is 2.26. The van der Waals surface area contributed by atoms with Crippen LogP contribution in [0.1, 0.15) is 36.5 Å². The van der Waals surface area contributed by atoms with E-state index in [-0.39, 0.29) is 27.6 Å². The zero-order valence-corrected chi connectivity index (χ0v) is 13.2. The van der Waals surface area contributed by atoms with Gasteiger partial charge in [-0.3, -0.25) is 4.79 Å². The number of aromatic nitrogens is 1. The second-order valence-corrected chi connectivity index (χ2v) is 5.54. The first-order valence-electron chi connectivity index (χ1n) is 6.83. The molecular weight excluding hydrogens is 315 g/mol. The maximum Gasteiger partial charge on any atom is 0.328 e. The predicted molar refractivity (Wildman–Crippen MR) is 79.6 cm³/mol. The standard InChI is InChI=1S/C14H16Cl2N2O3/c1-2-21-14(20)11-5-3-4-6-18(11)13(19)9-7-12(16)17-8-10(9)15/h7-8,11H,2-6H2,1H3. The molecule has 0 saturated carbocycles. The van der Waals surface area contributed by atoms with E-state index in [2.05, 4.69) is 4.98 Å². The number of rotatable bonds is 3. The molecule has 2 rings (SSSR count). The van der Waals surface area contributed by atoms with Gasteiger partial charge in [-0.2, -0.15) is 0 Å². The highest BCUT2D eigenvalue weighted by molar-refractivity contribution is 6.35. The van der Waals surface area contributed by atoms with Crippen LogP contribution in [-0.2, 0) is 9.53 Å². The summed E-state index contributed by atoms with van der Waals surface area (Å²) in [6, 6.07) is 0.859. The van der Waals surface area contributed by atoms with Crippen LogP contribution in [-0.4, -0.2) is 41.0 Å². The number of esters is 1. The van der Waals surface area contributed by atoms with Crippen LogP contribution in [0.15, 0.2) is 12.3 Å². The zero-order valence-electron chi connectivity index (χ0n) is 11.6. The average Bonchev–Trinajstić information content (AvgIpc) is 2.49. The molecule has 0 N–H and O–H groups in total. The topological polar surface area (TPSA) is 59.5 Å². The largest absolute Gasteiger partial charge is 0.464 e. The van der Waals surface area contributed by atoms with E-state index in [1.807, 2.05) is 0 Å². The number of nitrogens with zero attached hydrogens (tertiary/aromatic N) is 2. The number of hydrogen-bond donors (Lipinski definition) is 0. The van der Waals surface area contributed by atoms with E-state index in [0.717, 1.165) is 12.8 Å². The molecule has 0 aromatic carbocycles. The number of likely N-dealkylation sites (tertiary alicyclic amines) is 1. The molecule has 7 heteroatoms. The number of ether oxygens (including phenoxy) is 1. The van der Waals surface area contributed by atoms with E-state index in [1.165, 1.54) is 17.2 Å². The summed E-state index contributed by atoms with van der Waals surface area (Å²) in [7, 11) is 0. The SMILES string of the molecule is CCOC(=O)C1CCCCN1C(=O)c1cc(Cl)ncc1Cl. The fourth-order valence-electron chi connectivity index (χ4n) is 2.39. The lowest BCUT2D eigenvalue weighted by atomic mass is 10.0. The van der Waals surface area contributed by atoms with Gasteiger partial charge in [0.25, 0.3) is 5.91 Å². The Morgan fingerprint density at radius 2 is 2.19 bits per heavy atom. The molecule has 1 atom stereocenters. The van der Waals surface area contributed by atoms with Gasteiger partial charge in [0.05, 0.1) is 17.2 Å². The summed E-state index contributed by atoms with van der Waals surface area (Å²) in [5.74, 6) is -0.691. The van der Waals surface area contributed by atoms with Crippen molar-refractivity contribution in [1.29, 1.82) is 0 Å². The van der Waals surface area contributed by atoms with Crippen molar-refractivity contribution in [1.82, 2.24) is 9.88 Å². The molecule has 2 heterocycles. The zero-order chi connectivity index (χ0) is 15.4. The van der Waals surface area contributed by atoms with Crippen LogP contribution in [0.4, 0.5) is 0 Å². The molecule has 0 spiro atoms. The van der Waals surface area contributed by atoms with Crippen molar-refractivity contribution in [2.75, 3.05) is 13.2 Å². The van der Waals surface area contributed by atoms with Crippen molar-refractivity contribution in [3.05, 3.63) is 28.0 Å². The minimum Gasteiger partial charge on any atom is -0.464 e. The highest BCUT2D eigenvalue weighted by Crippen LogP contribution is 2.25. The third kappa shape index (κ3) is 3.66. The summed E-state index contributed by atoms with van der Waals surface area (Å²) in [4.78, 5) is 30.0. The van der Waals surface area contributed by atoms with Gasteiger partial charge in [-0.05, 0) is 32.3 Å². The van der Waals surface area contributed by atoms with Crippen LogP contribution < -0.4 is 0 Å². The van der Waals surface area contributed by atoms with E-state index < -0.39 is 6.04 Å². The number of hydrogen-bond acceptors (Lipinski definition) is 4. The summed E-state index contributed by atoms with van der Waals surface area (Å²) in [6.07, 6.45) is 3.66. The van der Waals surface area contributed by atoms with Crippen molar-refractivity contribution >= 4 is 35.1 Å². The summed E-state index contributed by atoms with van der Waals surface area (Å²) < 4.78 is 5.05. The molecule has 1 amide bonds. The van der Waals surface area contributed by atoms with Gasteiger partial charge < -0.3 is 9.64 Å². The van der Waals surface area contributed by atoms with E-state index in [4.69, 9.17) is 27.9 Å². The van der Waals surface area contributed by atoms with Gasteiger partial charge in [0.1, 0.15) is 11.2 Å². The fraction of sp³-hybridized carbons (Fsp3) is 0.500. The molecule has 114 valence electrons. The molecule has 21 heavy (non-hydrogen) atoms. The third-order valence-electron chi connectivity index (χ3n) is 3.37. The minimum absolute atomic E-state index is 0.187. The Hall–Kier alpha value is -1.33. The maximum absolute atomic E-state index is 12.6. The first-order valence-corrected chi connectivity index (χ1v) is 7.58. The molecule has 1 unspecified atom stereocenters. The van der Waals surface area contributed by atoms with Gasteiger partial charge >= 0.3 is 5.97 Å². The molecule has 1 aromatic rings. The van der Waals surface area contributed by atoms with E-state index in [1.54, 1.807) is 6.92 Å². The van der Waals surface area contributed by atoms with E-state index >= 15 is 0 Å². The molecule has 1 aliphatic heterocycles. The Bertz CT molecular complexity index is 551. The lowest BCUT2D eigenvalue weighted by Gasteiger charge is -2.34. The molecular formula is C14H16Cl2N2O3. The number of halogens is 2. The Morgan fingerprint density at radius 1 is 1.43 bits per heavy atom. The number of piperidine rings is 1. The minimum atomic E-state index is -0.561. The normalized spacial score (nSPS) is 18.4. The molecule has 1 saturated heterocycles. The van der Waals surface area contributed by atoms with Gasteiger partial charge in [0, 0.05) is 12.7 Å². The Morgan fingerprint density at radius 3 is 2.90 bits per heavy atom. The van der Waals surface area contributed by atoms with Crippen LogP contribution in [0.2, 0.25) is 10.2 Å². The highest BCUT2D eigenvalue weighted by atomic mass is 35.5. The number of carbonyl (C=O) groups excluding carboxylic acids is 2. The summed E-state index contributed by atoms with van der Waals surface area (Å²) in [5, 5.41) is 0.407. The van der Waals surface area contributed by atoms with Crippen molar-refractivity contribution in [2.24, 2.45) is 0 Å². The second-order valence-electron chi connectivity index (χ2n) is 4.75. The van der Waals surface area contributed by atoms with E-state index in [9.17, 15) is 9.59 Å². The number of carbonyl (C=O) groups is 2. The summed E-state index contributed by atoms with van der Waals surface area (Å²) in [6.45, 7) is 2.53. The lowest BCUT2D eigenvalue weighted by Crippen LogP contribution is -2.48. The van der Waals surface area contributed by atoms with Crippen LogP contribution in [0.5, 0.6) is 0 Å². The highest BCUT2D eigenvalue weighted by Gasteiger charge is 2.34. The van der Waals surface area contributed by atoms with Crippen LogP contribution in [0.3, 0.4) is 0 Å². The fourth-order valence-corrected chi connectivity index (χ4v) is 2.73. The van der Waals surface area contributed by atoms with Gasteiger partial charge in [-0.1, -0.05) is 23.2 Å². The molecule has 1 aliphatic rings. The smallest absolute Gasteiger partial charge is 0.328 e. The van der Waals surface area contributed by atoms with Crippen molar-refractivity contribution < 1.29 is 14.3 Å². The molecule has 0 aliphatic carbocycles. The van der Waals surface area contributed by atoms with Crippen molar-refractivity contribution in [3.8, 4) is 0 Å². The predicted octanol–water partition coefficient (Wildman–Crippen LogP) is 2.95. The molecule has 1 aromatic heterocycles. The van der Waals surface area contributed by atoms with Gasteiger partial charge in [-0.15, -0.1) is 0 Å². The Kier molecular flexibility index (Phi) is 5.42. The second kappa shape index (κ2) is 7.09. The number of pyridine rings is 1. The molecule has 0 radical (unpaired) electrons. The molecule has 5 nitrogen and oxygen atoms in total. The van der Waals surface area contributed by atoms with Crippen molar-refractivity contribution in [2.45, 2.75) is 32.2 Å². The first kappa shape index (κ1) is 16.0. The molecule has 1 fully saturated rings. The van der Waals surface area contributed by atoms with Gasteiger partial charge in [0.2, 0.25) is 0 Å². The molecule has 0 bridgehead atoms. The monoisotopic (exact) mass is 330 g/mol. The van der Waals surface area contributed by atoms with Crippen molar-refractivity contribution in [3.63, 3.8) is 0 Å². The summed E-state index contributed by atoms with van der Waals surface area (Å²) in [5.41, 5.74) is 0.257. The van der Waals surface area contributed by atoms with Gasteiger partial charge in [0.15, 0.2) is 0 Å². The van der Waals surface area contributed by atoms with Crippen LogP contribution in [0.25, 0.3) is 0 Å². The Labute approximate surface area is 133 Å². The first-order chi connectivity index (χ1) is 10.0.